The minimum absolute atomic E-state index is 0.174. The molecule has 0 aliphatic heterocycles. The van der Waals surface area contributed by atoms with E-state index < -0.39 is 0 Å². The van der Waals surface area contributed by atoms with Crippen LogP contribution in [0.4, 0.5) is 0 Å². The van der Waals surface area contributed by atoms with Gasteiger partial charge in [0, 0.05) is 0 Å². The van der Waals surface area contributed by atoms with Gasteiger partial charge < -0.3 is 14.6 Å². The molecule has 0 radical (unpaired) electrons. The molecule has 1 saturated carbocycles. The Bertz CT molecular complexity index is 416. The number of rotatable bonds is 5. The molecule has 19 heavy (non-hydrogen) atoms. The van der Waals surface area contributed by atoms with Crippen molar-refractivity contribution in [3.63, 3.8) is 0 Å². The quantitative estimate of drug-likeness (QED) is 0.886. The monoisotopic (exact) mass is 264 g/mol. The van der Waals surface area contributed by atoms with Gasteiger partial charge >= 0.3 is 0 Å². The molecule has 0 bridgehead atoms. The molecule has 0 aromatic heterocycles. The third kappa shape index (κ3) is 3.03. The van der Waals surface area contributed by atoms with Crippen LogP contribution in [-0.4, -0.2) is 24.4 Å². The Hall–Kier alpha value is -1.22. The molecule has 2 rings (SSSR count). The highest BCUT2D eigenvalue weighted by atomic mass is 16.5. The highest BCUT2D eigenvalue weighted by Crippen LogP contribution is 2.42. The second-order valence-electron chi connectivity index (χ2n) is 5.18. The van der Waals surface area contributed by atoms with Gasteiger partial charge in [0.1, 0.15) is 0 Å². The topological polar surface area (TPSA) is 38.7 Å². The van der Waals surface area contributed by atoms with Crippen molar-refractivity contribution in [1.29, 1.82) is 0 Å². The number of aliphatic hydroxyl groups is 1. The van der Waals surface area contributed by atoms with E-state index in [-0.39, 0.29) is 6.10 Å². The fraction of sp³-hybridized carbons (Fsp3) is 0.625. The molecule has 3 unspecified atom stereocenters. The Morgan fingerprint density at radius 1 is 1.11 bits per heavy atom. The van der Waals surface area contributed by atoms with Crippen molar-refractivity contribution >= 4 is 0 Å². The van der Waals surface area contributed by atoms with E-state index in [2.05, 4.69) is 19.1 Å². The molecule has 1 aliphatic rings. The predicted octanol–water partition coefficient (Wildman–Crippen LogP) is 3.36. The minimum atomic E-state index is -0.174. The average Bonchev–Trinajstić information content (AvgIpc) is 2.73. The van der Waals surface area contributed by atoms with Gasteiger partial charge in [-0.15, -0.1) is 0 Å². The number of ether oxygens (including phenoxy) is 2. The summed E-state index contributed by atoms with van der Waals surface area (Å²) in [4.78, 5) is 0. The van der Waals surface area contributed by atoms with E-state index in [0.29, 0.717) is 25.0 Å². The van der Waals surface area contributed by atoms with Crippen LogP contribution in [-0.2, 0) is 0 Å². The second kappa shape index (κ2) is 6.29. The van der Waals surface area contributed by atoms with Crippen LogP contribution in [0.5, 0.6) is 11.5 Å². The van der Waals surface area contributed by atoms with Gasteiger partial charge in [0.15, 0.2) is 11.5 Å². The van der Waals surface area contributed by atoms with Gasteiger partial charge in [0.05, 0.1) is 19.3 Å². The Balaban J connectivity index is 2.24. The molecule has 0 saturated heterocycles. The largest absolute Gasteiger partial charge is 0.490 e. The molecule has 1 fully saturated rings. The molecule has 106 valence electrons. The van der Waals surface area contributed by atoms with Crippen molar-refractivity contribution in [1.82, 2.24) is 0 Å². The summed E-state index contributed by atoms with van der Waals surface area (Å²) in [6.45, 7) is 7.34. The zero-order chi connectivity index (χ0) is 13.8. The third-order valence-electron chi connectivity index (χ3n) is 4.01. The molecular weight excluding hydrogens is 240 g/mol. The molecule has 0 spiro atoms. The Morgan fingerprint density at radius 3 is 2.37 bits per heavy atom. The van der Waals surface area contributed by atoms with E-state index in [9.17, 15) is 5.11 Å². The lowest BCUT2D eigenvalue weighted by Crippen LogP contribution is -2.14. The van der Waals surface area contributed by atoms with E-state index in [0.717, 1.165) is 24.3 Å². The lowest BCUT2D eigenvalue weighted by atomic mass is 9.89. The first-order valence-electron chi connectivity index (χ1n) is 7.25. The zero-order valence-corrected chi connectivity index (χ0v) is 12.1. The summed E-state index contributed by atoms with van der Waals surface area (Å²) in [6.07, 6.45) is 1.76. The van der Waals surface area contributed by atoms with E-state index >= 15 is 0 Å². The normalized spacial score (nSPS) is 26.4. The fourth-order valence-corrected chi connectivity index (χ4v) is 2.91. The first kappa shape index (κ1) is 14.2. The van der Waals surface area contributed by atoms with Crippen LogP contribution in [0.25, 0.3) is 0 Å². The molecule has 1 aliphatic carbocycles. The maximum absolute atomic E-state index is 9.88. The van der Waals surface area contributed by atoms with E-state index in [4.69, 9.17) is 9.47 Å². The van der Waals surface area contributed by atoms with Gasteiger partial charge in [0.25, 0.3) is 0 Å². The first-order chi connectivity index (χ1) is 9.17. The minimum Gasteiger partial charge on any atom is -0.490 e. The van der Waals surface area contributed by atoms with Crippen molar-refractivity contribution in [2.75, 3.05) is 13.2 Å². The molecule has 3 atom stereocenters. The predicted molar refractivity (Wildman–Crippen MR) is 75.9 cm³/mol. The van der Waals surface area contributed by atoms with Crippen LogP contribution in [0.3, 0.4) is 0 Å². The summed E-state index contributed by atoms with van der Waals surface area (Å²) in [7, 11) is 0. The Kier molecular flexibility index (Phi) is 4.70. The van der Waals surface area contributed by atoms with E-state index in [1.54, 1.807) is 0 Å². The van der Waals surface area contributed by atoms with Crippen LogP contribution in [0.1, 0.15) is 45.1 Å². The number of hydrogen-bond acceptors (Lipinski definition) is 3. The molecule has 3 heteroatoms. The average molecular weight is 264 g/mol. The summed E-state index contributed by atoms with van der Waals surface area (Å²) >= 11 is 0. The zero-order valence-electron chi connectivity index (χ0n) is 12.1. The van der Waals surface area contributed by atoms with Gasteiger partial charge in [-0.05, 0) is 56.2 Å². The molecule has 1 aromatic carbocycles. The maximum Gasteiger partial charge on any atom is 0.161 e. The fourth-order valence-electron chi connectivity index (χ4n) is 2.91. The standard InChI is InChI=1S/C16H24O3/c1-4-18-15-9-6-12(10-16(15)19-5-2)13-7-8-14(17)11(13)3/h6,9-11,13-14,17H,4-5,7-8H2,1-3H3. The van der Waals surface area contributed by atoms with Gasteiger partial charge in [-0.3, -0.25) is 0 Å². The second-order valence-corrected chi connectivity index (χ2v) is 5.18. The maximum atomic E-state index is 9.88. The first-order valence-corrected chi connectivity index (χ1v) is 7.25. The van der Waals surface area contributed by atoms with Crippen molar-refractivity contribution in [3.8, 4) is 11.5 Å². The van der Waals surface area contributed by atoms with Crippen molar-refractivity contribution < 1.29 is 14.6 Å². The SMILES string of the molecule is CCOc1ccc(C2CCC(O)C2C)cc1OCC. The van der Waals surface area contributed by atoms with Crippen LogP contribution < -0.4 is 9.47 Å². The van der Waals surface area contributed by atoms with Gasteiger partial charge in [0.2, 0.25) is 0 Å². The number of hydrogen-bond donors (Lipinski definition) is 1. The van der Waals surface area contributed by atoms with Crippen LogP contribution in [0, 0.1) is 5.92 Å². The summed E-state index contributed by atoms with van der Waals surface area (Å²) in [5.41, 5.74) is 1.25. The summed E-state index contributed by atoms with van der Waals surface area (Å²) < 4.78 is 11.2. The smallest absolute Gasteiger partial charge is 0.161 e. The van der Waals surface area contributed by atoms with Crippen LogP contribution in [0.2, 0.25) is 0 Å². The number of aliphatic hydroxyl groups excluding tert-OH is 1. The molecule has 1 aromatic rings. The van der Waals surface area contributed by atoms with Gasteiger partial charge in [-0.1, -0.05) is 13.0 Å². The highest BCUT2D eigenvalue weighted by Gasteiger charge is 2.32. The molecule has 0 heterocycles. The van der Waals surface area contributed by atoms with E-state index in [1.165, 1.54) is 5.56 Å². The molecule has 1 N–H and O–H groups in total. The van der Waals surface area contributed by atoms with Gasteiger partial charge in [-0.2, -0.15) is 0 Å². The summed E-state index contributed by atoms with van der Waals surface area (Å²) in [5.74, 6) is 2.35. The van der Waals surface area contributed by atoms with Crippen molar-refractivity contribution in [2.24, 2.45) is 5.92 Å². The highest BCUT2D eigenvalue weighted by molar-refractivity contribution is 5.44. The van der Waals surface area contributed by atoms with Crippen molar-refractivity contribution in [3.05, 3.63) is 23.8 Å². The summed E-state index contributed by atoms with van der Waals surface area (Å²) in [5, 5.41) is 9.88. The lowest BCUT2D eigenvalue weighted by molar-refractivity contribution is 0.136. The van der Waals surface area contributed by atoms with Crippen LogP contribution >= 0.6 is 0 Å². The molecule has 0 amide bonds. The third-order valence-corrected chi connectivity index (χ3v) is 4.01. The Labute approximate surface area is 115 Å². The summed E-state index contributed by atoms with van der Waals surface area (Å²) in [6, 6.07) is 6.17. The number of benzene rings is 1. The van der Waals surface area contributed by atoms with Crippen molar-refractivity contribution in [2.45, 2.75) is 45.6 Å². The molecular formula is C16H24O3. The Morgan fingerprint density at radius 2 is 1.79 bits per heavy atom. The van der Waals surface area contributed by atoms with Gasteiger partial charge in [-0.25, -0.2) is 0 Å². The lowest BCUT2D eigenvalue weighted by Gasteiger charge is -2.20. The molecule has 3 nitrogen and oxygen atoms in total. The van der Waals surface area contributed by atoms with E-state index in [1.807, 2.05) is 19.9 Å². The van der Waals surface area contributed by atoms with Crippen LogP contribution in [0.15, 0.2) is 18.2 Å².